The molecule has 0 spiro atoms. The van der Waals surface area contributed by atoms with Gasteiger partial charge in [-0.25, -0.2) is 14.6 Å². The number of anilines is 1. The SMILES string of the molecule is CCCCn1c(=O)[nH]c(=O)c2c1nc(COC(=O)/C=C/c1ccc(NC(C)=O)cc1)n2CCC. The highest BCUT2D eigenvalue weighted by Gasteiger charge is 2.18. The van der Waals surface area contributed by atoms with Crippen molar-refractivity contribution in [3.05, 3.63) is 62.6 Å². The number of benzene rings is 1. The molecule has 34 heavy (non-hydrogen) atoms. The van der Waals surface area contributed by atoms with Crippen LogP contribution in [0.15, 0.2) is 39.9 Å². The largest absolute Gasteiger partial charge is 0.454 e. The van der Waals surface area contributed by atoms with E-state index in [-0.39, 0.29) is 12.5 Å². The second kappa shape index (κ2) is 11.3. The number of H-pyrrole nitrogens is 1. The van der Waals surface area contributed by atoms with Crippen molar-refractivity contribution in [2.75, 3.05) is 5.32 Å². The summed E-state index contributed by atoms with van der Waals surface area (Å²) in [6.45, 7) is 6.20. The van der Waals surface area contributed by atoms with Gasteiger partial charge in [-0.1, -0.05) is 32.4 Å². The minimum atomic E-state index is -0.571. The maximum absolute atomic E-state index is 12.5. The molecule has 0 unspecified atom stereocenters. The molecule has 1 amide bonds. The Morgan fingerprint density at radius 2 is 1.82 bits per heavy atom. The molecule has 3 aromatic rings. The average Bonchev–Trinajstić information content (AvgIpc) is 3.15. The lowest BCUT2D eigenvalue weighted by Crippen LogP contribution is -2.31. The highest BCUT2D eigenvalue weighted by Crippen LogP contribution is 2.15. The Balaban J connectivity index is 1.79. The van der Waals surface area contributed by atoms with Crippen molar-refractivity contribution in [2.24, 2.45) is 0 Å². The predicted molar refractivity (Wildman–Crippen MR) is 129 cm³/mol. The number of aromatic amines is 1. The first-order chi connectivity index (χ1) is 16.3. The Hall–Kier alpha value is -3.95. The maximum Gasteiger partial charge on any atom is 0.331 e. The van der Waals surface area contributed by atoms with E-state index in [1.807, 2.05) is 13.8 Å². The molecule has 0 aliphatic heterocycles. The van der Waals surface area contributed by atoms with Crippen molar-refractivity contribution in [3.63, 3.8) is 0 Å². The van der Waals surface area contributed by atoms with Crippen molar-refractivity contribution in [2.45, 2.75) is 59.7 Å². The third-order valence-electron chi connectivity index (χ3n) is 5.13. The van der Waals surface area contributed by atoms with Gasteiger partial charge in [-0.15, -0.1) is 0 Å². The lowest BCUT2D eigenvalue weighted by atomic mass is 10.2. The number of aromatic nitrogens is 4. The Labute approximate surface area is 196 Å². The minimum Gasteiger partial charge on any atom is -0.454 e. The van der Waals surface area contributed by atoms with E-state index in [4.69, 9.17) is 4.74 Å². The fraction of sp³-hybridized carbons (Fsp3) is 0.375. The number of carbonyl (C=O) groups is 2. The number of aryl methyl sites for hydroxylation is 2. The molecule has 0 saturated heterocycles. The third-order valence-corrected chi connectivity index (χ3v) is 5.13. The summed E-state index contributed by atoms with van der Waals surface area (Å²) >= 11 is 0. The average molecular weight is 468 g/mol. The molecule has 0 aliphatic rings. The second-order valence-electron chi connectivity index (χ2n) is 7.86. The number of nitrogens with one attached hydrogen (secondary N) is 2. The van der Waals surface area contributed by atoms with E-state index in [2.05, 4.69) is 15.3 Å². The van der Waals surface area contributed by atoms with Gasteiger partial charge in [-0.3, -0.25) is 19.1 Å². The number of esters is 1. The van der Waals surface area contributed by atoms with E-state index in [9.17, 15) is 19.2 Å². The van der Waals surface area contributed by atoms with Crippen LogP contribution in [0, 0.1) is 0 Å². The fourth-order valence-corrected chi connectivity index (χ4v) is 3.54. The highest BCUT2D eigenvalue weighted by atomic mass is 16.5. The summed E-state index contributed by atoms with van der Waals surface area (Å²) in [4.78, 5) is 55.1. The Bertz CT molecular complexity index is 1310. The van der Waals surface area contributed by atoms with Crippen molar-refractivity contribution in [1.82, 2.24) is 19.1 Å². The molecule has 2 heterocycles. The number of rotatable bonds is 10. The summed E-state index contributed by atoms with van der Waals surface area (Å²) in [5.41, 5.74) is 1.03. The summed E-state index contributed by atoms with van der Waals surface area (Å²) in [6.07, 6.45) is 5.28. The molecule has 10 nitrogen and oxygen atoms in total. The molecule has 0 radical (unpaired) electrons. The van der Waals surface area contributed by atoms with Crippen LogP contribution in [0.3, 0.4) is 0 Å². The first-order valence-corrected chi connectivity index (χ1v) is 11.3. The van der Waals surface area contributed by atoms with Gasteiger partial charge in [-0.2, -0.15) is 0 Å². The molecular formula is C24H29N5O5. The molecule has 0 fully saturated rings. The van der Waals surface area contributed by atoms with Crippen LogP contribution in [0.25, 0.3) is 17.2 Å². The van der Waals surface area contributed by atoms with E-state index < -0.39 is 17.2 Å². The van der Waals surface area contributed by atoms with Gasteiger partial charge in [0.25, 0.3) is 5.56 Å². The van der Waals surface area contributed by atoms with Crippen LogP contribution in [0.5, 0.6) is 0 Å². The van der Waals surface area contributed by atoms with E-state index in [1.165, 1.54) is 17.6 Å². The van der Waals surface area contributed by atoms with E-state index >= 15 is 0 Å². The number of nitrogens with zero attached hydrogens (tertiary/aromatic N) is 3. The maximum atomic E-state index is 12.5. The lowest BCUT2D eigenvalue weighted by molar-refractivity contribution is -0.139. The molecular weight excluding hydrogens is 438 g/mol. The third kappa shape index (κ3) is 5.89. The van der Waals surface area contributed by atoms with Gasteiger partial charge < -0.3 is 14.6 Å². The molecule has 2 aromatic heterocycles. The molecule has 0 atom stereocenters. The second-order valence-corrected chi connectivity index (χ2v) is 7.86. The van der Waals surface area contributed by atoms with Gasteiger partial charge >= 0.3 is 11.7 Å². The molecule has 3 rings (SSSR count). The number of hydrogen-bond acceptors (Lipinski definition) is 6. The van der Waals surface area contributed by atoms with Gasteiger partial charge in [0.2, 0.25) is 5.91 Å². The van der Waals surface area contributed by atoms with E-state index in [0.717, 1.165) is 24.8 Å². The Kier molecular flexibility index (Phi) is 8.18. The number of unbranched alkanes of at least 4 members (excludes halogenated alkanes) is 1. The van der Waals surface area contributed by atoms with Crippen LogP contribution in [-0.2, 0) is 34.0 Å². The zero-order valence-electron chi connectivity index (χ0n) is 19.6. The smallest absolute Gasteiger partial charge is 0.331 e. The quantitative estimate of drug-likeness (QED) is 0.349. The van der Waals surface area contributed by atoms with E-state index in [0.29, 0.717) is 35.8 Å². The summed E-state index contributed by atoms with van der Waals surface area (Å²) in [6, 6.07) is 6.99. The van der Waals surface area contributed by atoms with Crippen LogP contribution in [0.1, 0.15) is 51.4 Å². The predicted octanol–water partition coefficient (Wildman–Crippen LogP) is 2.81. The number of carbonyl (C=O) groups excluding carboxylic acids is 2. The number of amides is 1. The van der Waals surface area contributed by atoms with Gasteiger partial charge in [0, 0.05) is 31.8 Å². The summed E-state index contributed by atoms with van der Waals surface area (Å²) in [5, 5.41) is 2.67. The number of fused-ring (bicyclic) bond motifs is 1. The molecule has 1 aromatic carbocycles. The molecule has 0 bridgehead atoms. The topological polar surface area (TPSA) is 128 Å². The monoisotopic (exact) mass is 467 g/mol. The molecule has 10 heteroatoms. The molecule has 2 N–H and O–H groups in total. The van der Waals surface area contributed by atoms with Crippen molar-refractivity contribution in [3.8, 4) is 0 Å². The summed E-state index contributed by atoms with van der Waals surface area (Å²) in [5.74, 6) is -0.330. The lowest BCUT2D eigenvalue weighted by Gasteiger charge is -2.08. The van der Waals surface area contributed by atoms with E-state index in [1.54, 1.807) is 34.9 Å². The molecule has 0 saturated carbocycles. The normalized spacial score (nSPS) is 11.3. The van der Waals surface area contributed by atoms with Gasteiger partial charge in [-0.05, 0) is 36.6 Å². The van der Waals surface area contributed by atoms with Crippen LogP contribution in [0.4, 0.5) is 5.69 Å². The van der Waals surface area contributed by atoms with Gasteiger partial charge in [0.05, 0.1) is 0 Å². The zero-order chi connectivity index (χ0) is 24.7. The highest BCUT2D eigenvalue weighted by molar-refractivity contribution is 5.89. The van der Waals surface area contributed by atoms with Crippen LogP contribution < -0.4 is 16.6 Å². The number of ether oxygens (including phenoxy) is 1. The van der Waals surface area contributed by atoms with Gasteiger partial charge in [0.15, 0.2) is 11.2 Å². The number of hydrogen-bond donors (Lipinski definition) is 2. The van der Waals surface area contributed by atoms with Gasteiger partial charge in [0.1, 0.15) is 12.4 Å². The van der Waals surface area contributed by atoms with Crippen molar-refractivity contribution >= 4 is 34.8 Å². The van der Waals surface area contributed by atoms with Crippen LogP contribution in [0.2, 0.25) is 0 Å². The molecule has 0 aliphatic carbocycles. The molecule has 180 valence electrons. The van der Waals surface area contributed by atoms with Crippen molar-refractivity contribution < 1.29 is 14.3 Å². The fourth-order valence-electron chi connectivity index (χ4n) is 3.54. The zero-order valence-corrected chi connectivity index (χ0v) is 19.6. The van der Waals surface area contributed by atoms with Crippen molar-refractivity contribution in [1.29, 1.82) is 0 Å². The minimum absolute atomic E-state index is 0.138. The van der Waals surface area contributed by atoms with Crippen LogP contribution in [-0.4, -0.2) is 31.0 Å². The summed E-state index contributed by atoms with van der Waals surface area (Å²) in [7, 11) is 0. The Morgan fingerprint density at radius 1 is 1.09 bits per heavy atom. The number of imidazole rings is 1. The van der Waals surface area contributed by atoms with Crippen LogP contribution >= 0.6 is 0 Å². The first kappa shape index (κ1) is 24.7. The summed E-state index contributed by atoms with van der Waals surface area (Å²) < 4.78 is 8.53. The first-order valence-electron chi connectivity index (χ1n) is 11.3. The Morgan fingerprint density at radius 3 is 2.47 bits per heavy atom. The standard InChI is InChI=1S/C24H29N5O5/c1-4-6-14-29-22-21(23(32)27-24(29)33)28(13-5-2)19(26-22)15-34-20(31)12-9-17-7-10-18(11-8-17)25-16(3)30/h7-12H,4-6,13-15H2,1-3H3,(H,25,30)(H,27,32,33)/b12-9+.